The molecule has 2 nitrogen and oxygen atoms in total. The molecule has 0 fully saturated rings. The second-order valence-corrected chi connectivity index (χ2v) is 3.28. The molecule has 0 radical (unpaired) electrons. The second-order valence-electron chi connectivity index (χ2n) is 3.28. The van der Waals surface area contributed by atoms with Gasteiger partial charge in [0.25, 0.3) is 0 Å². The molecule has 2 aromatic rings. The highest BCUT2D eigenvalue weighted by Crippen LogP contribution is 2.29. The minimum atomic E-state index is 0. The molecule has 1 aromatic heterocycles. The lowest BCUT2D eigenvalue weighted by atomic mass is 10.0. The molecule has 0 bridgehead atoms. The van der Waals surface area contributed by atoms with Gasteiger partial charge in [-0.05, 0) is 11.6 Å². The van der Waals surface area contributed by atoms with Gasteiger partial charge in [-0.15, -0.1) is 0 Å². The molecule has 3 rings (SSSR count). The normalized spacial score (nSPS) is 13.1. The van der Waals surface area contributed by atoms with Crippen molar-refractivity contribution >= 4 is 10.9 Å². The number of aromatic nitrogens is 1. The van der Waals surface area contributed by atoms with E-state index in [0.717, 1.165) is 24.3 Å². The topological polar surface area (TPSA) is 23.4 Å². The number of halogens is 1. The third kappa shape index (κ3) is 1.35. The molecule has 0 saturated heterocycles. The molecule has 1 aliphatic heterocycles. The molecule has 0 spiro atoms. The Morgan fingerprint density at radius 1 is 1.21 bits per heavy atom. The average molecular weight is 299 g/mol. The van der Waals surface area contributed by atoms with Crippen LogP contribution in [0.5, 0.6) is 5.75 Å². The molecule has 2 heterocycles. The van der Waals surface area contributed by atoms with Crippen molar-refractivity contribution in [3.05, 3.63) is 36.0 Å². The maximum Gasteiger partial charge on any atom is 0.214 e. The lowest BCUT2D eigenvalue weighted by Crippen LogP contribution is -3.00. The van der Waals surface area contributed by atoms with Crippen LogP contribution in [-0.2, 0) is 6.42 Å². The molecule has 1 aliphatic rings. The van der Waals surface area contributed by atoms with E-state index in [4.69, 9.17) is 4.74 Å². The summed E-state index contributed by atoms with van der Waals surface area (Å²) in [4.78, 5) is 3.22. The Morgan fingerprint density at radius 3 is 3.07 bits per heavy atom. The Balaban J connectivity index is 0.000000750. The smallest absolute Gasteiger partial charge is 0.214 e. The number of hydrogen-bond acceptors (Lipinski definition) is 1. The predicted molar refractivity (Wildman–Crippen MR) is 49.7 cm³/mol. The van der Waals surface area contributed by atoms with E-state index in [9.17, 15) is 0 Å². The first-order valence-electron chi connectivity index (χ1n) is 4.50. The van der Waals surface area contributed by atoms with Crippen LogP contribution in [0.25, 0.3) is 10.9 Å². The summed E-state index contributed by atoms with van der Waals surface area (Å²) >= 11 is 0. The SMILES string of the molecule is [I-].c1cc2c3c(cc[nH+]c3c1)CCO2. The van der Waals surface area contributed by atoms with Gasteiger partial charge in [0.05, 0.1) is 12.0 Å². The zero-order valence-electron chi connectivity index (χ0n) is 7.59. The van der Waals surface area contributed by atoms with Crippen LogP contribution in [0.15, 0.2) is 30.5 Å². The van der Waals surface area contributed by atoms with Gasteiger partial charge >= 0.3 is 0 Å². The molecule has 14 heavy (non-hydrogen) atoms. The minimum absolute atomic E-state index is 0. The fourth-order valence-corrected chi connectivity index (χ4v) is 1.90. The van der Waals surface area contributed by atoms with Gasteiger partial charge in [-0.25, -0.2) is 4.98 Å². The van der Waals surface area contributed by atoms with Gasteiger partial charge in [-0.2, -0.15) is 0 Å². The molecule has 0 saturated carbocycles. The Bertz CT molecular complexity index is 431. The van der Waals surface area contributed by atoms with Crippen LogP contribution in [0.4, 0.5) is 0 Å². The average Bonchev–Trinajstić information content (AvgIpc) is 2.19. The van der Waals surface area contributed by atoms with Gasteiger partial charge in [0, 0.05) is 18.6 Å². The lowest BCUT2D eigenvalue weighted by molar-refractivity contribution is -0.344. The molecule has 0 amide bonds. The van der Waals surface area contributed by atoms with Crippen LogP contribution in [0.2, 0.25) is 0 Å². The molecule has 72 valence electrons. The Kier molecular flexibility index (Phi) is 2.58. The van der Waals surface area contributed by atoms with E-state index in [1.807, 2.05) is 18.3 Å². The van der Waals surface area contributed by atoms with Crippen molar-refractivity contribution < 1.29 is 33.7 Å². The Morgan fingerprint density at radius 2 is 2.14 bits per heavy atom. The molecule has 0 unspecified atom stereocenters. The summed E-state index contributed by atoms with van der Waals surface area (Å²) in [5.41, 5.74) is 2.55. The zero-order valence-corrected chi connectivity index (χ0v) is 9.74. The summed E-state index contributed by atoms with van der Waals surface area (Å²) in [5.74, 6) is 1.01. The van der Waals surface area contributed by atoms with Gasteiger partial charge in [0.2, 0.25) is 5.52 Å². The fraction of sp³-hybridized carbons (Fsp3) is 0.182. The van der Waals surface area contributed by atoms with Crippen molar-refractivity contribution in [2.45, 2.75) is 6.42 Å². The molecule has 1 N–H and O–H groups in total. The highest BCUT2D eigenvalue weighted by molar-refractivity contribution is 5.86. The molecular weight excluding hydrogens is 289 g/mol. The lowest BCUT2D eigenvalue weighted by Gasteiger charge is -2.15. The number of pyridine rings is 1. The van der Waals surface area contributed by atoms with Gasteiger partial charge in [-0.1, -0.05) is 6.07 Å². The largest absolute Gasteiger partial charge is 1.00 e. The van der Waals surface area contributed by atoms with E-state index >= 15 is 0 Å². The van der Waals surface area contributed by atoms with Gasteiger partial charge < -0.3 is 28.7 Å². The van der Waals surface area contributed by atoms with Crippen LogP contribution in [0, 0.1) is 0 Å². The Labute approximate surface area is 99.3 Å². The van der Waals surface area contributed by atoms with Crippen molar-refractivity contribution in [3.8, 4) is 5.75 Å². The van der Waals surface area contributed by atoms with E-state index < -0.39 is 0 Å². The summed E-state index contributed by atoms with van der Waals surface area (Å²) in [7, 11) is 0. The summed E-state index contributed by atoms with van der Waals surface area (Å²) in [5, 5.41) is 1.25. The quantitative estimate of drug-likeness (QED) is 0.549. The summed E-state index contributed by atoms with van der Waals surface area (Å²) < 4.78 is 5.58. The number of ether oxygens (including phenoxy) is 1. The first-order chi connectivity index (χ1) is 6.45. The molecule has 0 aliphatic carbocycles. The fourth-order valence-electron chi connectivity index (χ4n) is 1.90. The first kappa shape index (κ1) is 9.71. The first-order valence-corrected chi connectivity index (χ1v) is 4.50. The number of rotatable bonds is 0. The maximum absolute atomic E-state index is 5.58. The van der Waals surface area contributed by atoms with Crippen LogP contribution in [-0.4, -0.2) is 6.61 Å². The molecule has 1 aromatic carbocycles. The van der Waals surface area contributed by atoms with Gasteiger partial charge in [0.1, 0.15) is 5.75 Å². The van der Waals surface area contributed by atoms with Crippen LogP contribution in [0.1, 0.15) is 5.56 Å². The van der Waals surface area contributed by atoms with E-state index in [1.54, 1.807) is 0 Å². The van der Waals surface area contributed by atoms with E-state index in [0.29, 0.717) is 0 Å². The molecular formula is C11H10INO. The minimum Gasteiger partial charge on any atom is -1.00 e. The van der Waals surface area contributed by atoms with E-state index in [1.165, 1.54) is 10.9 Å². The summed E-state index contributed by atoms with van der Waals surface area (Å²) in [6, 6.07) is 8.26. The summed E-state index contributed by atoms with van der Waals surface area (Å²) in [6.45, 7) is 0.802. The number of hydrogen-bond donors (Lipinski definition) is 0. The van der Waals surface area contributed by atoms with Crippen molar-refractivity contribution in [3.63, 3.8) is 0 Å². The van der Waals surface area contributed by atoms with E-state index in [-0.39, 0.29) is 24.0 Å². The third-order valence-electron chi connectivity index (χ3n) is 2.50. The zero-order chi connectivity index (χ0) is 8.67. The number of benzene rings is 1. The number of H-pyrrole nitrogens is 1. The van der Waals surface area contributed by atoms with Crippen molar-refractivity contribution in [2.24, 2.45) is 0 Å². The second kappa shape index (κ2) is 3.73. The summed E-state index contributed by atoms with van der Waals surface area (Å²) in [6.07, 6.45) is 3.01. The molecule has 0 atom stereocenters. The van der Waals surface area contributed by atoms with E-state index in [2.05, 4.69) is 17.1 Å². The Hall–Kier alpha value is -0.840. The van der Waals surface area contributed by atoms with Crippen LogP contribution < -0.4 is 33.7 Å². The maximum atomic E-state index is 5.58. The van der Waals surface area contributed by atoms with Crippen LogP contribution in [0.3, 0.4) is 0 Å². The number of nitrogens with one attached hydrogen (secondary N) is 1. The van der Waals surface area contributed by atoms with Crippen LogP contribution >= 0.6 is 0 Å². The van der Waals surface area contributed by atoms with Crippen molar-refractivity contribution in [1.82, 2.24) is 0 Å². The monoisotopic (exact) mass is 299 g/mol. The predicted octanol–water partition coefficient (Wildman–Crippen LogP) is -1.41. The van der Waals surface area contributed by atoms with Crippen molar-refractivity contribution in [1.29, 1.82) is 0 Å². The van der Waals surface area contributed by atoms with Crippen molar-refractivity contribution in [2.75, 3.05) is 6.61 Å². The highest BCUT2D eigenvalue weighted by atomic mass is 127. The standard InChI is InChI=1S/C11H9NO.HI/c1-2-9-11-8(4-6-12-9)5-7-13-10(11)3-1;/h1-4,6H,5,7H2;1H. The van der Waals surface area contributed by atoms with Gasteiger partial charge in [-0.3, -0.25) is 0 Å². The highest BCUT2D eigenvalue weighted by Gasteiger charge is 2.15. The molecule has 3 heteroatoms. The van der Waals surface area contributed by atoms with Gasteiger partial charge in [0.15, 0.2) is 6.20 Å². The third-order valence-corrected chi connectivity index (χ3v) is 2.50. The number of aromatic amines is 1.